The molecule has 0 aromatic heterocycles. The summed E-state index contributed by atoms with van der Waals surface area (Å²) in [5, 5.41) is 0. The minimum absolute atomic E-state index is 0.128. The number of amides is 1. The molecule has 0 N–H and O–H groups in total. The Labute approximate surface area is 135 Å². The third-order valence-electron chi connectivity index (χ3n) is 4.64. The van der Waals surface area contributed by atoms with Crippen LogP contribution in [0.3, 0.4) is 0 Å². The van der Waals surface area contributed by atoms with Gasteiger partial charge in [0.25, 0.3) is 0 Å². The molecule has 23 heavy (non-hydrogen) atoms. The lowest BCUT2D eigenvalue weighted by molar-refractivity contribution is -0.118. The van der Waals surface area contributed by atoms with Crippen LogP contribution in [0, 0.1) is 0 Å². The summed E-state index contributed by atoms with van der Waals surface area (Å²) < 4.78 is 10.7. The highest BCUT2D eigenvalue weighted by atomic mass is 16.7. The van der Waals surface area contributed by atoms with Crippen LogP contribution in [0.1, 0.15) is 30.4 Å². The van der Waals surface area contributed by atoms with Crippen molar-refractivity contribution in [3.05, 3.63) is 53.6 Å². The van der Waals surface area contributed by atoms with E-state index in [1.54, 1.807) is 0 Å². The lowest BCUT2D eigenvalue weighted by Crippen LogP contribution is -2.37. The average Bonchev–Trinajstić information content (AvgIpc) is 3.03. The molecule has 0 spiro atoms. The molecule has 0 saturated carbocycles. The summed E-state index contributed by atoms with van der Waals surface area (Å²) in [6, 6.07) is 13.9. The third kappa shape index (κ3) is 2.54. The molecule has 2 aromatic carbocycles. The molecule has 0 saturated heterocycles. The molecule has 2 heterocycles. The highest BCUT2D eigenvalue weighted by molar-refractivity contribution is 5.96. The maximum absolute atomic E-state index is 12.8. The van der Waals surface area contributed by atoms with Crippen LogP contribution in [0.4, 0.5) is 5.69 Å². The van der Waals surface area contributed by atoms with Crippen LogP contribution < -0.4 is 14.4 Å². The van der Waals surface area contributed by atoms with E-state index in [0.29, 0.717) is 12.3 Å². The Morgan fingerprint density at radius 2 is 2.00 bits per heavy atom. The first-order chi connectivity index (χ1) is 11.2. The maximum Gasteiger partial charge on any atom is 0.231 e. The van der Waals surface area contributed by atoms with Gasteiger partial charge in [-0.05, 0) is 41.7 Å². The van der Waals surface area contributed by atoms with Crippen LogP contribution in [-0.2, 0) is 11.2 Å². The van der Waals surface area contributed by atoms with Gasteiger partial charge >= 0.3 is 0 Å². The van der Waals surface area contributed by atoms with E-state index >= 15 is 0 Å². The minimum Gasteiger partial charge on any atom is -0.454 e. The first-order valence-electron chi connectivity index (χ1n) is 8.00. The highest BCUT2D eigenvalue weighted by Gasteiger charge is 2.26. The predicted octanol–water partition coefficient (Wildman–Crippen LogP) is 3.50. The Kier molecular flexibility index (Phi) is 3.45. The molecule has 0 aliphatic carbocycles. The summed E-state index contributed by atoms with van der Waals surface area (Å²) >= 11 is 0. The van der Waals surface area contributed by atoms with E-state index in [1.807, 2.05) is 41.3 Å². The van der Waals surface area contributed by atoms with Crippen molar-refractivity contribution in [3.8, 4) is 11.5 Å². The average molecular weight is 309 g/mol. The second-order valence-electron chi connectivity index (χ2n) is 6.16. The molecule has 1 amide bonds. The highest BCUT2D eigenvalue weighted by Crippen LogP contribution is 2.36. The van der Waals surface area contributed by atoms with E-state index in [1.165, 1.54) is 5.56 Å². The number of rotatable bonds is 2. The van der Waals surface area contributed by atoms with Gasteiger partial charge in [0.2, 0.25) is 12.7 Å². The summed E-state index contributed by atoms with van der Waals surface area (Å²) in [4.78, 5) is 14.7. The lowest BCUT2D eigenvalue weighted by atomic mass is 9.91. The second kappa shape index (κ2) is 5.61. The molecule has 118 valence electrons. The van der Waals surface area contributed by atoms with Crippen molar-refractivity contribution in [3.63, 3.8) is 0 Å². The topological polar surface area (TPSA) is 38.8 Å². The maximum atomic E-state index is 12.8. The smallest absolute Gasteiger partial charge is 0.231 e. The predicted molar refractivity (Wildman–Crippen MR) is 88.1 cm³/mol. The molecule has 4 nitrogen and oxygen atoms in total. The standard InChI is InChI=1S/C19H19NO3/c1-13-8-9-20(16-5-3-2-4-15(13)16)19(21)11-14-6-7-17-18(10-14)23-12-22-17/h2-7,10,13H,8-9,11-12H2,1H3/t13-/m1/s1. The Morgan fingerprint density at radius 3 is 2.91 bits per heavy atom. The van der Waals surface area contributed by atoms with Crippen molar-refractivity contribution < 1.29 is 14.3 Å². The summed E-state index contributed by atoms with van der Waals surface area (Å²) in [6.45, 7) is 3.25. The molecule has 2 aromatic rings. The Bertz CT molecular complexity index is 756. The number of carbonyl (C=O) groups excluding carboxylic acids is 1. The number of anilines is 1. The second-order valence-corrected chi connectivity index (χ2v) is 6.16. The van der Waals surface area contributed by atoms with E-state index in [0.717, 1.165) is 35.7 Å². The van der Waals surface area contributed by atoms with Crippen molar-refractivity contribution in [1.82, 2.24) is 0 Å². The monoisotopic (exact) mass is 309 g/mol. The van der Waals surface area contributed by atoms with E-state index in [9.17, 15) is 4.79 Å². The van der Waals surface area contributed by atoms with Gasteiger partial charge in [0, 0.05) is 12.2 Å². The Morgan fingerprint density at radius 1 is 1.17 bits per heavy atom. The van der Waals surface area contributed by atoms with Gasteiger partial charge < -0.3 is 14.4 Å². The molecular weight excluding hydrogens is 290 g/mol. The van der Waals surface area contributed by atoms with Gasteiger partial charge in [-0.2, -0.15) is 0 Å². The quantitative estimate of drug-likeness (QED) is 0.852. The summed E-state index contributed by atoms with van der Waals surface area (Å²) in [5.41, 5.74) is 3.27. The number of hydrogen-bond acceptors (Lipinski definition) is 3. The molecular formula is C19H19NO3. The van der Waals surface area contributed by atoms with Crippen molar-refractivity contribution in [2.75, 3.05) is 18.2 Å². The molecule has 1 atom stereocenters. The Balaban J connectivity index is 1.57. The third-order valence-corrected chi connectivity index (χ3v) is 4.64. The van der Waals surface area contributed by atoms with E-state index < -0.39 is 0 Å². The molecule has 4 heteroatoms. The number of carbonyl (C=O) groups is 1. The van der Waals surface area contributed by atoms with Gasteiger partial charge in [-0.3, -0.25) is 4.79 Å². The molecule has 0 bridgehead atoms. The molecule has 0 fully saturated rings. The van der Waals surface area contributed by atoms with E-state index in [4.69, 9.17) is 9.47 Å². The first-order valence-corrected chi connectivity index (χ1v) is 8.00. The SMILES string of the molecule is C[C@@H]1CCN(C(=O)Cc2ccc3c(c2)OCO3)c2ccccc21. The number of benzene rings is 2. The van der Waals surface area contributed by atoms with Crippen molar-refractivity contribution in [2.45, 2.75) is 25.7 Å². The fourth-order valence-electron chi connectivity index (χ4n) is 3.33. The summed E-state index contributed by atoms with van der Waals surface area (Å²) in [7, 11) is 0. The normalized spacial score (nSPS) is 18.7. The summed E-state index contributed by atoms with van der Waals surface area (Å²) in [5.74, 6) is 2.10. The van der Waals surface area contributed by atoms with Crippen molar-refractivity contribution >= 4 is 11.6 Å². The fraction of sp³-hybridized carbons (Fsp3) is 0.316. The van der Waals surface area contributed by atoms with Crippen molar-refractivity contribution in [2.24, 2.45) is 0 Å². The molecule has 0 unspecified atom stereocenters. The van der Waals surface area contributed by atoms with Gasteiger partial charge in [-0.25, -0.2) is 0 Å². The minimum atomic E-state index is 0.128. The zero-order valence-electron chi connectivity index (χ0n) is 13.1. The van der Waals surface area contributed by atoms with Gasteiger partial charge in [-0.15, -0.1) is 0 Å². The van der Waals surface area contributed by atoms with E-state index in [2.05, 4.69) is 13.0 Å². The summed E-state index contributed by atoms with van der Waals surface area (Å²) in [6.07, 6.45) is 1.38. The number of ether oxygens (including phenoxy) is 2. The van der Waals surface area contributed by atoms with Crippen molar-refractivity contribution in [1.29, 1.82) is 0 Å². The van der Waals surface area contributed by atoms with Crippen LogP contribution in [0.2, 0.25) is 0 Å². The zero-order valence-corrected chi connectivity index (χ0v) is 13.1. The number of fused-ring (bicyclic) bond motifs is 2. The van der Waals surface area contributed by atoms with Crippen LogP contribution in [0.5, 0.6) is 11.5 Å². The van der Waals surface area contributed by atoms with Crippen LogP contribution >= 0.6 is 0 Å². The van der Waals surface area contributed by atoms with Gasteiger partial charge in [0.05, 0.1) is 6.42 Å². The fourth-order valence-corrected chi connectivity index (χ4v) is 3.33. The molecule has 2 aliphatic heterocycles. The molecule has 4 rings (SSSR count). The first kappa shape index (κ1) is 14.1. The molecule has 2 aliphatic rings. The zero-order chi connectivity index (χ0) is 15.8. The Hall–Kier alpha value is -2.49. The van der Waals surface area contributed by atoms with Crippen LogP contribution in [0.25, 0.3) is 0 Å². The molecule has 0 radical (unpaired) electrons. The van der Waals surface area contributed by atoms with Crippen LogP contribution in [0.15, 0.2) is 42.5 Å². The largest absolute Gasteiger partial charge is 0.454 e. The lowest BCUT2D eigenvalue weighted by Gasteiger charge is -2.33. The van der Waals surface area contributed by atoms with Gasteiger partial charge in [-0.1, -0.05) is 31.2 Å². The van der Waals surface area contributed by atoms with Gasteiger partial charge in [0.15, 0.2) is 11.5 Å². The van der Waals surface area contributed by atoms with E-state index in [-0.39, 0.29) is 12.7 Å². The number of nitrogens with zero attached hydrogens (tertiary/aromatic N) is 1. The van der Waals surface area contributed by atoms with Gasteiger partial charge in [0.1, 0.15) is 0 Å². The number of para-hydroxylation sites is 1. The number of hydrogen-bond donors (Lipinski definition) is 0. The van der Waals surface area contributed by atoms with Crippen LogP contribution in [-0.4, -0.2) is 19.2 Å².